The van der Waals surface area contributed by atoms with Gasteiger partial charge in [-0.25, -0.2) is 15.0 Å². The van der Waals surface area contributed by atoms with Gasteiger partial charge in [-0.05, 0) is 89.7 Å². The molecule has 0 bridgehead atoms. The Morgan fingerprint density at radius 3 is 1.64 bits per heavy atom. The van der Waals surface area contributed by atoms with Crippen molar-refractivity contribution in [2.24, 2.45) is 0 Å². The molecule has 4 heterocycles. The molecule has 6 nitrogen and oxygen atoms in total. The van der Waals surface area contributed by atoms with Gasteiger partial charge in [0.15, 0.2) is 17.5 Å². The first-order chi connectivity index (χ1) is 29.1. The van der Waals surface area contributed by atoms with Crippen molar-refractivity contribution in [2.75, 3.05) is 0 Å². The highest BCUT2D eigenvalue weighted by atomic mass is 16.3. The number of fused-ring (bicyclic) bond motifs is 9. The minimum atomic E-state index is 0.558. The monoisotopic (exact) mass is 758 g/mol. The summed E-state index contributed by atoms with van der Waals surface area (Å²) in [6.45, 7) is 2.17. The van der Waals surface area contributed by atoms with Crippen LogP contribution in [0, 0.1) is 6.92 Å². The fourth-order valence-electron chi connectivity index (χ4n) is 8.72. The van der Waals surface area contributed by atoms with E-state index in [-0.39, 0.29) is 0 Å². The van der Waals surface area contributed by atoms with Crippen molar-refractivity contribution in [3.63, 3.8) is 0 Å². The summed E-state index contributed by atoms with van der Waals surface area (Å²) in [4.78, 5) is 18.9. The first-order valence-corrected chi connectivity index (χ1v) is 19.9. The smallest absolute Gasteiger partial charge is 0.164 e. The van der Waals surface area contributed by atoms with Crippen LogP contribution in [0.2, 0.25) is 0 Å². The number of nitrogens with one attached hydrogen (secondary N) is 1. The quantitative estimate of drug-likeness (QED) is 0.183. The lowest BCUT2D eigenvalue weighted by Gasteiger charge is -2.12. The number of hydrogen-bond donors (Lipinski definition) is 1. The van der Waals surface area contributed by atoms with Gasteiger partial charge in [-0.3, -0.25) is 0 Å². The largest absolute Gasteiger partial charge is 0.456 e. The number of furan rings is 2. The van der Waals surface area contributed by atoms with Crippen LogP contribution < -0.4 is 0 Å². The van der Waals surface area contributed by atoms with Crippen LogP contribution in [-0.4, -0.2) is 19.9 Å². The van der Waals surface area contributed by atoms with Gasteiger partial charge in [0.25, 0.3) is 0 Å². The number of nitrogens with zero attached hydrogens (tertiary/aromatic N) is 3. The minimum absolute atomic E-state index is 0.558. The van der Waals surface area contributed by atoms with Crippen molar-refractivity contribution in [3.05, 3.63) is 187 Å². The number of aromatic nitrogens is 4. The maximum atomic E-state index is 6.62. The lowest BCUT2D eigenvalue weighted by molar-refractivity contribution is 0.668. The lowest BCUT2D eigenvalue weighted by atomic mass is 9.92. The van der Waals surface area contributed by atoms with E-state index in [4.69, 9.17) is 23.8 Å². The van der Waals surface area contributed by atoms with Crippen molar-refractivity contribution >= 4 is 65.7 Å². The highest BCUT2D eigenvalue weighted by Gasteiger charge is 2.18. The molecule has 12 aromatic rings. The summed E-state index contributed by atoms with van der Waals surface area (Å²) in [7, 11) is 0. The first kappa shape index (κ1) is 33.3. The van der Waals surface area contributed by atoms with E-state index in [1.54, 1.807) is 0 Å². The van der Waals surface area contributed by atoms with Crippen molar-refractivity contribution in [1.29, 1.82) is 0 Å². The van der Waals surface area contributed by atoms with Gasteiger partial charge in [0.1, 0.15) is 22.3 Å². The Kier molecular flexibility index (Phi) is 7.41. The molecule has 278 valence electrons. The molecule has 12 rings (SSSR count). The van der Waals surface area contributed by atoms with E-state index in [2.05, 4.69) is 151 Å². The van der Waals surface area contributed by atoms with E-state index in [0.717, 1.165) is 83.4 Å². The third kappa shape index (κ3) is 5.60. The van der Waals surface area contributed by atoms with Gasteiger partial charge in [0, 0.05) is 60.0 Å². The van der Waals surface area contributed by atoms with Crippen molar-refractivity contribution in [3.8, 4) is 45.3 Å². The Morgan fingerprint density at radius 1 is 0.407 bits per heavy atom. The van der Waals surface area contributed by atoms with Crippen LogP contribution in [0.4, 0.5) is 0 Å². The van der Waals surface area contributed by atoms with Crippen LogP contribution in [0.15, 0.2) is 179 Å². The van der Waals surface area contributed by atoms with Crippen molar-refractivity contribution in [2.45, 2.75) is 13.3 Å². The average molecular weight is 759 g/mol. The van der Waals surface area contributed by atoms with Crippen molar-refractivity contribution in [1.82, 2.24) is 19.9 Å². The Bertz CT molecular complexity index is 3500. The predicted molar refractivity (Wildman–Crippen MR) is 239 cm³/mol. The van der Waals surface area contributed by atoms with Crippen LogP contribution in [0.1, 0.15) is 16.7 Å². The molecule has 0 spiro atoms. The molecule has 4 aromatic heterocycles. The van der Waals surface area contributed by atoms with Gasteiger partial charge in [-0.1, -0.05) is 121 Å². The molecular weight excluding hydrogens is 725 g/mol. The molecular formula is C53H34N4O2. The van der Waals surface area contributed by atoms with E-state index < -0.39 is 0 Å². The van der Waals surface area contributed by atoms with E-state index in [0.29, 0.717) is 17.5 Å². The number of para-hydroxylation sites is 2. The summed E-state index contributed by atoms with van der Waals surface area (Å²) in [5.41, 5.74) is 14.2. The van der Waals surface area contributed by atoms with Gasteiger partial charge < -0.3 is 13.8 Å². The standard InChI is InChI=1S/C53H34N4O2/c1-31-10-2-4-12-37(31)38-13-5-3-11-33(38)26-32-18-22-42-44-25-21-36(30-50(44)59-48(42)27-32)53-56-51(34-19-23-40-39-14-6-8-16-45(39)54-46(40)28-34)55-52(57-53)35-20-24-43-41-15-7-9-17-47(41)58-49(43)29-35/h2-25,27-30,54H,26H2,1H3. The van der Waals surface area contributed by atoms with E-state index >= 15 is 0 Å². The zero-order valence-electron chi connectivity index (χ0n) is 32.0. The number of rotatable bonds is 6. The zero-order valence-corrected chi connectivity index (χ0v) is 32.0. The molecule has 0 unspecified atom stereocenters. The second-order valence-corrected chi connectivity index (χ2v) is 15.3. The van der Waals surface area contributed by atoms with Crippen LogP contribution in [0.3, 0.4) is 0 Å². The van der Waals surface area contributed by atoms with Gasteiger partial charge in [0.2, 0.25) is 0 Å². The summed E-state index contributed by atoms with van der Waals surface area (Å²) in [6, 6.07) is 59.1. The predicted octanol–water partition coefficient (Wildman–Crippen LogP) is 13.9. The summed E-state index contributed by atoms with van der Waals surface area (Å²) in [5, 5.41) is 6.59. The first-order valence-electron chi connectivity index (χ1n) is 19.9. The third-order valence-electron chi connectivity index (χ3n) is 11.7. The molecule has 0 fully saturated rings. The SMILES string of the molecule is Cc1ccccc1-c1ccccc1Cc1ccc2c(c1)oc1cc(-c3nc(-c4ccc5c(c4)[nH]c4ccccc45)nc(-c4ccc5c(c4)oc4ccccc45)n3)ccc12. The second kappa shape index (κ2) is 13.1. The Balaban J connectivity index is 0.962. The number of hydrogen-bond acceptors (Lipinski definition) is 5. The maximum absolute atomic E-state index is 6.62. The zero-order chi connectivity index (χ0) is 39.0. The van der Waals surface area contributed by atoms with Gasteiger partial charge >= 0.3 is 0 Å². The van der Waals surface area contributed by atoms with E-state index in [1.807, 2.05) is 30.3 Å². The summed E-state index contributed by atoms with van der Waals surface area (Å²) in [5.74, 6) is 1.70. The van der Waals surface area contributed by atoms with E-state index in [1.165, 1.54) is 33.2 Å². The molecule has 0 aliphatic carbocycles. The Labute approximate surface area is 338 Å². The minimum Gasteiger partial charge on any atom is -0.456 e. The number of aryl methyl sites for hydroxylation is 1. The molecule has 1 N–H and O–H groups in total. The molecule has 6 heteroatoms. The van der Waals surface area contributed by atoms with Crippen molar-refractivity contribution < 1.29 is 8.83 Å². The highest BCUT2D eigenvalue weighted by molar-refractivity contribution is 6.09. The average Bonchev–Trinajstić information content (AvgIpc) is 3.96. The molecule has 0 saturated carbocycles. The fourth-order valence-corrected chi connectivity index (χ4v) is 8.72. The summed E-state index contributed by atoms with van der Waals surface area (Å²) >= 11 is 0. The van der Waals surface area contributed by atoms with E-state index in [9.17, 15) is 0 Å². The van der Waals surface area contributed by atoms with Gasteiger partial charge in [-0.15, -0.1) is 0 Å². The van der Waals surface area contributed by atoms with Crippen LogP contribution in [0.25, 0.3) is 111 Å². The molecule has 8 aromatic carbocycles. The summed E-state index contributed by atoms with van der Waals surface area (Å²) in [6.07, 6.45) is 0.795. The Morgan fingerprint density at radius 2 is 0.915 bits per heavy atom. The van der Waals surface area contributed by atoms with Gasteiger partial charge in [-0.2, -0.15) is 0 Å². The number of H-pyrrole nitrogens is 1. The third-order valence-corrected chi connectivity index (χ3v) is 11.7. The van der Waals surface area contributed by atoms with Gasteiger partial charge in [0.05, 0.1) is 0 Å². The summed E-state index contributed by atoms with van der Waals surface area (Å²) < 4.78 is 12.9. The molecule has 0 radical (unpaired) electrons. The van der Waals surface area contributed by atoms with Crippen LogP contribution >= 0.6 is 0 Å². The lowest BCUT2D eigenvalue weighted by Crippen LogP contribution is -2.00. The Hall–Kier alpha value is -7.83. The topological polar surface area (TPSA) is 80.7 Å². The number of benzene rings is 8. The number of aromatic amines is 1. The molecule has 0 aliphatic rings. The normalized spacial score (nSPS) is 11.9. The molecule has 0 aliphatic heterocycles. The fraction of sp³-hybridized carbons (Fsp3) is 0.0377. The van der Waals surface area contributed by atoms with Crippen LogP contribution in [-0.2, 0) is 6.42 Å². The molecule has 0 atom stereocenters. The van der Waals surface area contributed by atoms with Crippen LogP contribution in [0.5, 0.6) is 0 Å². The highest BCUT2D eigenvalue weighted by Crippen LogP contribution is 2.37. The molecule has 0 amide bonds. The molecule has 59 heavy (non-hydrogen) atoms. The maximum Gasteiger partial charge on any atom is 0.164 e. The second-order valence-electron chi connectivity index (χ2n) is 15.3. The molecule has 0 saturated heterocycles.